The van der Waals surface area contributed by atoms with Crippen LogP contribution >= 0.6 is 22.3 Å². The maximum atomic E-state index is 7.00. The molecular weight excluding hydrogens is 94.4 g/mol. The largest absolute Gasteiger partial charge is 0.400 e. The van der Waals surface area contributed by atoms with Crippen LogP contribution < -0.4 is 0 Å². The predicted octanol–water partition coefficient (Wildman–Crippen LogP) is 0.0884. The zero-order valence-electron chi connectivity index (χ0n) is 2.56. The first-order valence-electron chi connectivity index (χ1n) is 0.447. The van der Waals surface area contributed by atoms with Crippen LogP contribution in [0.3, 0.4) is 0 Å². The maximum Gasteiger partial charge on any atom is 0.0319 e. The Morgan fingerprint density at radius 1 is 1.25 bits per heavy atom. The zero-order chi connectivity index (χ0) is 2.00. The molecule has 1 atom stereocenters. The highest BCUT2D eigenvalue weighted by molar-refractivity contribution is 6.92. The number of aliphatic hydroxyl groups excluding tert-OH is 1. The first kappa shape index (κ1) is 22.5. The van der Waals surface area contributed by atoms with Crippen molar-refractivity contribution in [2.24, 2.45) is 0 Å². The lowest BCUT2D eigenvalue weighted by Gasteiger charge is -1.21. The number of hydrogen-bond acceptors (Lipinski definition) is 1. The summed E-state index contributed by atoms with van der Waals surface area (Å²) in [6.45, 7) is 0. The smallest absolute Gasteiger partial charge is 0.0319 e. The Balaban J connectivity index is -0.00000000500. The molecule has 0 radical (unpaired) electrons. The molecule has 0 saturated carbocycles. The summed E-state index contributed by atoms with van der Waals surface area (Å²) in [5.41, 5.74) is 0. The van der Waals surface area contributed by atoms with Gasteiger partial charge in [-0.2, -0.15) is 9.90 Å². The van der Waals surface area contributed by atoms with Gasteiger partial charge in [0.2, 0.25) is 0 Å². The molecule has 1 N–H and O–H groups in total. The van der Waals surface area contributed by atoms with Crippen LogP contribution in [0.5, 0.6) is 0 Å². The lowest BCUT2D eigenvalue weighted by molar-refractivity contribution is 0.399. The quantitative estimate of drug-likeness (QED) is 0.430. The summed E-state index contributed by atoms with van der Waals surface area (Å²) >= 11 is 0. The van der Waals surface area contributed by atoms with Gasteiger partial charge in [0.05, 0.1) is 0 Å². The van der Waals surface area contributed by atoms with E-state index in [1.54, 1.807) is 0 Å². The molecule has 1 nitrogen and oxygen atoms in total. The molecule has 0 aromatic heterocycles. The molecule has 0 amide bonds. The fraction of sp³-hybridized carbons (Fsp3) is 1.00. The van der Waals surface area contributed by atoms with Crippen LogP contribution in [0, 0.1) is 0 Å². The van der Waals surface area contributed by atoms with Gasteiger partial charge < -0.3 is 5.11 Å². The second-order valence-electron chi connectivity index (χ2n) is 0. The Kier molecular flexibility index (Phi) is 321. The van der Waals surface area contributed by atoms with Gasteiger partial charge in [0.15, 0.2) is 0 Å². The van der Waals surface area contributed by atoms with Gasteiger partial charge in [0, 0.05) is 7.11 Å². The lowest BCUT2D eigenvalue weighted by Crippen LogP contribution is -1.25. The standard InChI is InChI=1S/CH4O.ClH.H3P/c1-2;;/h2H,1H3;1H;1H3. The minimum atomic E-state index is 0. The van der Waals surface area contributed by atoms with Gasteiger partial charge in [-0.1, -0.05) is 0 Å². The number of aliphatic hydroxyl groups is 1. The van der Waals surface area contributed by atoms with Crippen LogP contribution in [0.1, 0.15) is 0 Å². The summed E-state index contributed by atoms with van der Waals surface area (Å²) < 4.78 is 0. The van der Waals surface area contributed by atoms with E-state index in [1.165, 1.54) is 0 Å². The molecule has 0 fully saturated rings. The van der Waals surface area contributed by atoms with Gasteiger partial charge >= 0.3 is 0 Å². The Hall–Kier alpha value is 0.680. The molecule has 0 aromatic carbocycles. The van der Waals surface area contributed by atoms with Crippen LogP contribution in [0.15, 0.2) is 0 Å². The summed E-state index contributed by atoms with van der Waals surface area (Å²) in [6.07, 6.45) is 0. The highest BCUT2D eigenvalue weighted by Crippen LogP contribution is 0.861. The summed E-state index contributed by atoms with van der Waals surface area (Å²) in [7, 11) is 1.00. The third kappa shape index (κ3) is 16.4. The van der Waals surface area contributed by atoms with Crippen molar-refractivity contribution >= 4 is 22.3 Å². The Bertz CT molecular complexity index is 8.00. The highest BCUT2D eigenvalue weighted by Gasteiger charge is 0.839. The van der Waals surface area contributed by atoms with Crippen molar-refractivity contribution in [3.63, 3.8) is 0 Å². The molecule has 0 rings (SSSR count). The van der Waals surface area contributed by atoms with E-state index < -0.39 is 0 Å². The molecule has 3 heteroatoms. The van der Waals surface area contributed by atoms with Crippen LogP contribution in [-0.2, 0) is 0 Å². The topological polar surface area (TPSA) is 20.2 Å². The van der Waals surface area contributed by atoms with Crippen molar-refractivity contribution in [3.05, 3.63) is 0 Å². The molecule has 0 aliphatic carbocycles. The molecule has 4 heavy (non-hydrogen) atoms. The van der Waals surface area contributed by atoms with E-state index in [1.807, 2.05) is 0 Å². The first-order chi connectivity index (χ1) is 1.00. The third-order valence-corrected chi connectivity index (χ3v) is 0. The van der Waals surface area contributed by atoms with Crippen molar-refractivity contribution in [1.29, 1.82) is 0 Å². The van der Waals surface area contributed by atoms with Crippen LogP contribution in [0.2, 0.25) is 0 Å². The van der Waals surface area contributed by atoms with E-state index in [-0.39, 0.29) is 22.3 Å². The normalized spacial score (nSPS) is 1.50. The van der Waals surface area contributed by atoms with Crippen molar-refractivity contribution in [1.82, 2.24) is 0 Å². The molecule has 0 spiro atoms. The van der Waals surface area contributed by atoms with E-state index in [9.17, 15) is 0 Å². The van der Waals surface area contributed by atoms with Crippen molar-refractivity contribution in [2.75, 3.05) is 7.11 Å². The average molecular weight is 103 g/mol. The summed E-state index contributed by atoms with van der Waals surface area (Å²) in [5, 5.41) is 7.00. The highest BCUT2D eigenvalue weighted by atomic mass is 35.5. The Labute approximate surface area is 35.4 Å². The summed E-state index contributed by atoms with van der Waals surface area (Å²) in [4.78, 5) is 0. The van der Waals surface area contributed by atoms with Crippen molar-refractivity contribution in [3.8, 4) is 0 Å². The van der Waals surface area contributed by atoms with Crippen LogP contribution in [0.4, 0.5) is 0 Å². The maximum absolute atomic E-state index is 7.00. The van der Waals surface area contributed by atoms with Gasteiger partial charge in [-0.15, -0.1) is 12.4 Å². The molecule has 1 unspecified atom stereocenters. The number of rotatable bonds is 0. The van der Waals surface area contributed by atoms with Gasteiger partial charge in [-0.25, -0.2) is 0 Å². The fourth-order valence-electron chi connectivity index (χ4n) is 0. The Morgan fingerprint density at radius 2 is 1.25 bits per heavy atom. The van der Waals surface area contributed by atoms with E-state index in [0.29, 0.717) is 0 Å². The molecule has 0 heterocycles. The second kappa shape index (κ2) is 57.2. The zero-order valence-corrected chi connectivity index (χ0v) is 4.79. The van der Waals surface area contributed by atoms with Gasteiger partial charge in [-0.3, -0.25) is 0 Å². The third-order valence-electron chi connectivity index (χ3n) is 0. The molecule has 0 aliphatic rings. The lowest BCUT2D eigenvalue weighted by atomic mass is 11.8. The van der Waals surface area contributed by atoms with Gasteiger partial charge in [-0.05, 0) is 0 Å². The van der Waals surface area contributed by atoms with Crippen molar-refractivity contribution in [2.45, 2.75) is 0 Å². The molecule has 0 aliphatic heterocycles. The van der Waals surface area contributed by atoms with E-state index >= 15 is 0 Å². The number of hydrogen-bond donors (Lipinski definition) is 1. The van der Waals surface area contributed by atoms with Crippen LogP contribution in [0.25, 0.3) is 0 Å². The molecule has 30 valence electrons. The fourth-order valence-corrected chi connectivity index (χ4v) is 0. The second-order valence-corrected chi connectivity index (χ2v) is 0. The number of halogens is 1. The molecule has 0 aromatic rings. The van der Waals surface area contributed by atoms with E-state index in [4.69, 9.17) is 5.11 Å². The van der Waals surface area contributed by atoms with E-state index in [0.717, 1.165) is 7.11 Å². The van der Waals surface area contributed by atoms with Crippen LogP contribution in [-0.4, -0.2) is 12.2 Å². The minimum Gasteiger partial charge on any atom is -0.400 e. The van der Waals surface area contributed by atoms with Gasteiger partial charge in [0.1, 0.15) is 0 Å². The van der Waals surface area contributed by atoms with Crippen molar-refractivity contribution < 1.29 is 5.11 Å². The first-order valence-corrected chi connectivity index (χ1v) is 0.447. The minimum absolute atomic E-state index is 0. The SMILES string of the molecule is CO.Cl.P. The molecule has 0 saturated heterocycles. The Morgan fingerprint density at radius 3 is 1.25 bits per heavy atom. The predicted molar refractivity (Wildman–Crippen MR) is 26.5 cm³/mol. The summed E-state index contributed by atoms with van der Waals surface area (Å²) in [6, 6.07) is 0. The molecule has 0 bridgehead atoms. The van der Waals surface area contributed by atoms with E-state index in [2.05, 4.69) is 0 Å². The summed E-state index contributed by atoms with van der Waals surface area (Å²) in [5.74, 6) is 0. The molecular formula is CH8ClOP. The average Bonchev–Trinajstić information content (AvgIpc) is 1.00. The monoisotopic (exact) mass is 102 g/mol. The van der Waals surface area contributed by atoms with Gasteiger partial charge in [0.25, 0.3) is 0 Å².